The van der Waals surface area contributed by atoms with E-state index in [4.69, 9.17) is 4.42 Å². The highest BCUT2D eigenvalue weighted by Gasteiger charge is 2.27. The molecule has 4 heteroatoms. The van der Waals surface area contributed by atoms with Crippen molar-refractivity contribution in [2.24, 2.45) is 0 Å². The molecule has 1 aliphatic heterocycles. The van der Waals surface area contributed by atoms with Crippen molar-refractivity contribution in [1.82, 2.24) is 10.2 Å². The van der Waals surface area contributed by atoms with Crippen LogP contribution >= 0.6 is 11.3 Å². The monoisotopic (exact) mass is 276 g/mol. The first-order valence-electron chi connectivity index (χ1n) is 6.95. The third kappa shape index (κ3) is 2.76. The van der Waals surface area contributed by atoms with E-state index in [1.807, 2.05) is 11.3 Å². The molecule has 0 aromatic carbocycles. The highest BCUT2D eigenvalue weighted by Crippen LogP contribution is 2.33. The first kappa shape index (κ1) is 12.9. The Balaban J connectivity index is 1.91. The van der Waals surface area contributed by atoms with Crippen molar-refractivity contribution in [2.75, 3.05) is 26.2 Å². The summed E-state index contributed by atoms with van der Waals surface area (Å²) in [6.45, 7) is 6.40. The van der Waals surface area contributed by atoms with E-state index in [1.54, 1.807) is 0 Å². The third-order valence-electron chi connectivity index (χ3n) is 3.63. The van der Waals surface area contributed by atoms with E-state index in [9.17, 15) is 0 Å². The quantitative estimate of drug-likeness (QED) is 0.931. The van der Waals surface area contributed by atoms with Gasteiger partial charge in [0, 0.05) is 37.5 Å². The Morgan fingerprint density at radius 2 is 2.16 bits per heavy atom. The standard InChI is InChI=1S/C15H20N2OS/c1-2-12-5-6-13(18-12)15(14-4-3-11-19-14)17-9-7-16-8-10-17/h3-6,11,15-16H,2,7-10H2,1H3/t15-/m1/s1. The number of hydrogen-bond donors (Lipinski definition) is 1. The second-order valence-electron chi connectivity index (χ2n) is 4.86. The zero-order valence-corrected chi connectivity index (χ0v) is 12.1. The third-order valence-corrected chi connectivity index (χ3v) is 4.55. The zero-order valence-electron chi connectivity index (χ0n) is 11.3. The molecular formula is C15H20N2OS. The summed E-state index contributed by atoms with van der Waals surface area (Å²) in [6.07, 6.45) is 0.957. The van der Waals surface area contributed by atoms with Gasteiger partial charge in [0.2, 0.25) is 0 Å². The molecule has 2 aromatic rings. The fourth-order valence-corrected chi connectivity index (χ4v) is 3.48. The van der Waals surface area contributed by atoms with Crippen molar-refractivity contribution < 1.29 is 4.42 Å². The molecule has 19 heavy (non-hydrogen) atoms. The summed E-state index contributed by atoms with van der Waals surface area (Å²) < 4.78 is 6.02. The molecule has 0 saturated carbocycles. The molecule has 0 unspecified atom stereocenters. The summed E-state index contributed by atoms with van der Waals surface area (Å²) in [4.78, 5) is 3.89. The van der Waals surface area contributed by atoms with Crippen LogP contribution in [0.25, 0.3) is 0 Å². The van der Waals surface area contributed by atoms with Crippen molar-refractivity contribution in [3.8, 4) is 0 Å². The van der Waals surface area contributed by atoms with Crippen LogP contribution < -0.4 is 5.32 Å². The number of aryl methyl sites for hydroxylation is 1. The van der Waals surface area contributed by atoms with Crippen molar-refractivity contribution in [3.63, 3.8) is 0 Å². The molecule has 1 aliphatic rings. The van der Waals surface area contributed by atoms with Gasteiger partial charge in [-0.15, -0.1) is 11.3 Å². The molecule has 1 saturated heterocycles. The van der Waals surface area contributed by atoms with E-state index < -0.39 is 0 Å². The lowest BCUT2D eigenvalue weighted by Crippen LogP contribution is -2.45. The lowest BCUT2D eigenvalue weighted by molar-refractivity contribution is 0.181. The fraction of sp³-hybridized carbons (Fsp3) is 0.467. The molecule has 0 spiro atoms. The van der Waals surface area contributed by atoms with E-state index in [1.165, 1.54) is 4.88 Å². The maximum atomic E-state index is 6.02. The number of hydrogen-bond acceptors (Lipinski definition) is 4. The first-order chi connectivity index (χ1) is 9.38. The fourth-order valence-electron chi connectivity index (χ4n) is 2.62. The number of thiophene rings is 1. The average molecular weight is 276 g/mol. The predicted molar refractivity (Wildman–Crippen MR) is 78.7 cm³/mol. The summed E-state index contributed by atoms with van der Waals surface area (Å²) in [6, 6.07) is 8.87. The summed E-state index contributed by atoms with van der Waals surface area (Å²) in [7, 11) is 0. The largest absolute Gasteiger partial charge is 0.464 e. The maximum Gasteiger partial charge on any atom is 0.126 e. The Morgan fingerprint density at radius 3 is 2.79 bits per heavy atom. The number of nitrogens with one attached hydrogen (secondary N) is 1. The van der Waals surface area contributed by atoms with Crippen LogP contribution in [-0.4, -0.2) is 31.1 Å². The normalized spacial score (nSPS) is 18.6. The van der Waals surface area contributed by atoms with Gasteiger partial charge in [-0.3, -0.25) is 4.90 Å². The molecule has 102 valence electrons. The van der Waals surface area contributed by atoms with Gasteiger partial charge in [-0.2, -0.15) is 0 Å². The molecule has 3 heterocycles. The van der Waals surface area contributed by atoms with Gasteiger partial charge in [-0.1, -0.05) is 13.0 Å². The van der Waals surface area contributed by atoms with Crippen molar-refractivity contribution in [2.45, 2.75) is 19.4 Å². The molecule has 3 rings (SSSR count). The van der Waals surface area contributed by atoms with Gasteiger partial charge < -0.3 is 9.73 Å². The van der Waals surface area contributed by atoms with Crippen LogP contribution in [0.3, 0.4) is 0 Å². The molecule has 0 amide bonds. The molecule has 1 fully saturated rings. The smallest absolute Gasteiger partial charge is 0.126 e. The van der Waals surface area contributed by atoms with Gasteiger partial charge in [0.1, 0.15) is 17.6 Å². The maximum absolute atomic E-state index is 6.02. The van der Waals surface area contributed by atoms with Crippen LogP contribution in [0.2, 0.25) is 0 Å². The minimum Gasteiger partial charge on any atom is -0.464 e. The van der Waals surface area contributed by atoms with Gasteiger partial charge >= 0.3 is 0 Å². The second kappa shape index (κ2) is 5.90. The predicted octanol–water partition coefficient (Wildman–Crippen LogP) is 2.90. The molecule has 0 radical (unpaired) electrons. The van der Waals surface area contributed by atoms with E-state index in [0.717, 1.165) is 44.1 Å². The summed E-state index contributed by atoms with van der Waals surface area (Å²) >= 11 is 1.81. The topological polar surface area (TPSA) is 28.4 Å². The SMILES string of the molecule is CCc1ccc([C@H](c2cccs2)N2CCNCC2)o1. The van der Waals surface area contributed by atoms with Crippen LogP contribution in [-0.2, 0) is 6.42 Å². The average Bonchev–Trinajstić information content (AvgIpc) is 3.12. The van der Waals surface area contributed by atoms with Crippen molar-refractivity contribution in [3.05, 3.63) is 46.0 Å². The van der Waals surface area contributed by atoms with Gasteiger partial charge in [-0.05, 0) is 23.6 Å². The Hall–Kier alpha value is -1.10. The molecule has 2 aromatic heterocycles. The summed E-state index contributed by atoms with van der Waals surface area (Å²) in [5, 5.41) is 5.56. The molecule has 1 atom stereocenters. The molecule has 0 aliphatic carbocycles. The minimum atomic E-state index is 0.280. The Kier molecular flexibility index (Phi) is 4.01. The number of furan rings is 1. The van der Waals surface area contributed by atoms with Gasteiger partial charge in [0.15, 0.2) is 0 Å². The zero-order chi connectivity index (χ0) is 13.1. The van der Waals surface area contributed by atoms with Gasteiger partial charge in [0.05, 0.1) is 0 Å². The molecule has 3 nitrogen and oxygen atoms in total. The highest BCUT2D eigenvalue weighted by molar-refractivity contribution is 7.10. The van der Waals surface area contributed by atoms with Crippen LogP contribution in [0.4, 0.5) is 0 Å². The van der Waals surface area contributed by atoms with E-state index in [0.29, 0.717) is 0 Å². The molecule has 0 bridgehead atoms. The van der Waals surface area contributed by atoms with Crippen LogP contribution in [0.15, 0.2) is 34.1 Å². The highest BCUT2D eigenvalue weighted by atomic mass is 32.1. The van der Waals surface area contributed by atoms with Crippen LogP contribution in [0.5, 0.6) is 0 Å². The lowest BCUT2D eigenvalue weighted by Gasteiger charge is -2.33. The first-order valence-corrected chi connectivity index (χ1v) is 7.83. The minimum absolute atomic E-state index is 0.280. The summed E-state index contributed by atoms with van der Waals surface area (Å²) in [5.41, 5.74) is 0. The Bertz CT molecular complexity index is 500. The number of piperazine rings is 1. The second-order valence-corrected chi connectivity index (χ2v) is 5.84. The van der Waals surface area contributed by atoms with E-state index >= 15 is 0 Å². The van der Waals surface area contributed by atoms with Gasteiger partial charge in [0.25, 0.3) is 0 Å². The van der Waals surface area contributed by atoms with Crippen LogP contribution in [0, 0.1) is 0 Å². The number of nitrogens with zero attached hydrogens (tertiary/aromatic N) is 1. The van der Waals surface area contributed by atoms with E-state index in [2.05, 4.69) is 46.8 Å². The molecule has 1 N–H and O–H groups in total. The Labute approximate surface area is 118 Å². The molecular weight excluding hydrogens is 256 g/mol. The Morgan fingerprint density at radius 1 is 1.32 bits per heavy atom. The van der Waals surface area contributed by atoms with Crippen molar-refractivity contribution >= 4 is 11.3 Å². The van der Waals surface area contributed by atoms with Gasteiger partial charge in [-0.25, -0.2) is 0 Å². The van der Waals surface area contributed by atoms with Crippen LogP contribution in [0.1, 0.15) is 29.4 Å². The van der Waals surface area contributed by atoms with E-state index in [-0.39, 0.29) is 6.04 Å². The number of rotatable bonds is 4. The summed E-state index contributed by atoms with van der Waals surface area (Å²) in [5.74, 6) is 2.16. The lowest BCUT2D eigenvalue weighted by atomic mass is 10.1. The van der Waals surface area contributed by atoms with Crippen molar-refractivity contribution in [1.29, 1.82) is 0 Å².